The van der Waals surface area contributed by atoms with E-state index < -0.39 is 12.1 Å². The van der Waals surface area contributed by atoms with E-state index in [2.05, 4.69) is 16.0 Å². The summed E-state index contributed by atoms with van der Waals surface area (Å²) in [5.74, 6) is 0.551. The lowest BCUT2D eigenvalue weighted by Gasteiger charge is -2.35. The largest absolute Gasteiger partial charge is 0.497 e. The van der Waals surface area contributed by atoms with Crippen LogP contribution in [0.4, 0.5) is 21.0 Å². The van der Waals surface area contributed by atoms with Gasteiger partial charge in [-0.25, -0.2) is 9.59 Å². The molecule has 4 atom stereocenters. The second-order valence-electron chi connectivity index (χ2n) is 12.3. The van der Waals surface area contributed by atoms with Crippen molar-refractivity contribution in [2.24, 2.45) is 5.92 Å². The van der Waals surface area contributed by atoms with E-state index in [0.29, 0.717) is 29.5 Å². The molecule has 0 unspecified atom stereocenters. The van der Waals surface area contributed by atoms with Crippen molar-refractivity contribution in [2.75, 3.05) is 51.1 Å². The number of likely N-dealkylation sites (N-methyl/N-ethyl adjacent to an activating group) is 1. The minimum atomic E-state index is -0.522. The molecule has 0 bridgehead atoms. The molecule has 254 valence electrons. The highest BCUT2D eigenvalue weighted by atomic mass is 16.5. The third kappa shape index (κ3) is 10.8. The molecule has 0 fully saturated rings. The first-order valence-corrected chi connectivity index (χ1v) is 16.0. The van der Waals surface area contributed by atoms with E-state index in [4.69, 9.17) is 14.2 Å². The number of nitrogens with zero attached hydrogens (tertiary/aromatic N) is 2. The van der Waals surface area contributed by atoms with Crippen molar-refractivity contribution >= 4 is 29.3 Å². The predicted octanol–water partition coefficient (Wildman–Crippen LogP) is 5.18. The first-order chi connectivity index (χ1) is 21.9. The third-order valence-electron chi connectivity index (χ3n) is 7.87. The fourth-order valence-corrected chi connectivity index (χ4v) is 5.14. The van der Waals surface area contributed by atoms with Gasteiger partial charge < -0.3 is 45.1 Å². The number of carbonyl (C=O) groups excluding carboxylic acids is 3. The normalized spacial score (nSPS) is 20.1. The van der Waals surface area contributed by atoms with Crippen molar-refractivity contribution in [2.45, 2.75) is 78.2 Å². The summed E-state index contributed by atoms with van der Waals surface area (Å²) in [6, 6.07) is 10.9. The number of rotatable bonds is 8. The average molecular weight is 642 g/mol. The molecule has 0 aliphatic carbocycles. The first-order valence-electron chi connectivity index (χ1n) is 16.0. The number of fused-ring (bicyclic) bond motifs is 1. The van der Waals surface area contributed by atoms with Gasteiger partial charge in [0.25, 0.3) is 5.91 Å². The Hall–Kier alpha value is -4.03. The van der Waals surface area contributed by atoms with Crippen LogP contribution in [0.1, 0.15) is 64.2 Å². The summed E-state index contributed by atoms with van der Waals surface area (Å²) < 4.78 is 17.8. The minimum absolute atomic E-state index is 0.0618. The van der Waals surface area contributed by atoms with Crippen LogP contribution in [-0.4, -0.2) is 97.6 Å². The molecule has 2 aromatic rings. The Kier molecular flexibility index (Phi) is 13.9. The van der Waals surface area contributed by atoms with Gasteiger partial charge in [-0.2, -0.15) is 0 Å². The van der Waals surface area contributed by atoms with Gasteiger partial charge in [-0.15, -0.1) is 0 Å². The monoisotopic (exact) mass is 641 g/mol. The molecule has 0 saturated carbocycles. The smallest absolute Gasteiger partial charge is 0.321 e. The lowest BCUT2D eigenvalue weighted by molar-refractivity contribution is -0.0115. The standard InChI is InChI=1S/C34H51N5O7/c1-22(2)35-33(42)36-27-13-16-30-29(18-27)32(41)39(24(4)21-40)19-23(3)31(45-17-9-8-10-25(5)46-30)20-38(6)34(43)37-26-11-14-28(44-7)15-12-26/h11-16,18,22-25,31,40H,8-10,17,19-21H2,1-7H3,(H,37,43)(H2,35,36,42)/t23-,24+,25-,31-/m1/s1. The van der Waals surface area contributed by atoms with Gasteiger partial charge >= 0.3 is 12.1 Å². The van der Waals surface area contributed by atoms with Gasteiger partial charge in [0, 0.05) is 50.1 Å². The Balaban J connectivity index is 1.87. The summed E-state index contributed by atoms with van der Waals surface area (Å²) >= 11 is 0. The number of amides is 5. The fourth-order valence-electron chi connectivity index (χ4n) is 5.14. The van der Waals surface area contributed by atoms with Gasteiger partial charge in [-0.1, -0.05) is 6.92 Å². The third-order valence-corrected chi connectivity index (χ3v) is 7.87. The van der Waals surface area contributed by atoms with E-state index >= 15 is 0 Å². The molecule has 12 nitrogen and oxygen atoms in total. The summed E-state index contributed by atoms with van der Waals surface area (Å²) in [4.78, 5) is 43.0. The molecule has 0 radical (unpaired) electrons. The van der Waals surface area contributed by atoms with Crippen LogP contribution in [-0.2, 0) is 4.74 Å². The highest BCUT2D eigenvalue weighted by Gasteiger charge is 2.31. The van der Waals surface area contributed by atoms with Crippen LogP contribution in [0.25, 0.3) is 0 Å². The lowest BCUT2D eigenvalue weighted by atomic mass is 10.0. The Morgan fingerprint density at radius 3 is 2.41 bits per heavy atom. The molecule has 1 heterocycles. The Labute approximate surface area is 272 Å². The molecule has 12 heteroatoms. The Morgan fingerprint density at radius 2 is 1.76 bits per heavy atom. The molecule has 0 spiro atoms. The first kappa shape index (κ1) is 36.4. The number of ether oxygens (including phenoxy) is 3. The molecular formula is C34H51N5O7. The van der Waals surface area contributed by atoms with Crippen molar-refractivity contribution in [1.82, 2.24) is 15.1 Å². The minimum Gasteiger partial charge on any atom is -0.497 e. The van der Waals surface area contributed by atoms with Gasteiger partial charge in [0.2, 0.25) is 0 Å². The number of aliphatic hydroxyl groups excluding tert-OH is 1. The molecule has 5 amide bonds. The summed E-state index contributed by atoms with van der Waals surface area (Å²) in [5.41, 5.74) is 1.36. The highest BCUT2D eigenvalue weighted by Crippen LogP contribution is 2.28. The van der Waals surface area contributed by atoms with Crippen LogP contribution in [0.2, 0.25) is 0 Å². The fraction of sp³-hybridized carbons (Fsp3) is 0.559. The molecule has 1 aliphatic rings. The van der Waals surface area contributed by atoms with Crippen molar-refractivity contribution in [3.63, 3.8) is 0 Å². The number of carbonyl (C=O) groups is 3. The second-order valence-corrected chi connectivity index (χ2v) is 12.3. The number of aliphatic hydroxyl groups is 1. The average Bonchev–Trinajstić information content (AvgIpc) is 3.02. The van der Waals surface area contributed by atoms with Crippen molar-refractivity contribution in [3.05, 3.63) is 48.0 Å². The van der Waals surface area contributed by atoms with Crippen LogP contribution >= 0.6 is 0 Å². The quantitative estimate of drug-likeness (QED) is 0.311. The Bertz CT molecular complexity index is 1290. The number of hydrogen-bond acceptors (Lipinski definition) is 7. The van der Waals surface area contributed by atoms with Gasteiger partial charge in [0.1, 0.15) is 11.5 Å². The number of urea groups is 2. The van der Waals surface area contributed by atoms with Crippen molar-refractivity contribution < 1.29 is 33.7 Å². The number of hydrogen-bond donors (Lipinski definition) is 4. The van der Waals surface area contributed by atoms with Crippen LogP contribution in [0.15, 0.2) is 42.5 Å². The van der Waals surface area contributed by atoms with Gasteiger partial charge in [-0.05, 0) is 89.4 Å². The predicted molar refractivity (Wildman–Crippen MR) is 179 cm³/mol. The van der Waals surface area contributed by atoms with Crippen molar-refractivity contribution in [1.29, 1.82) is 0 Å². The zero-order valence-corrected chi connectivity index (χ0v) is 28.2. The summed E-state index contributed by atoms with van der Waals surface area (Å²) in [6.07, 6.45) is 1.83. The van der Waals surface area contributed by atoms with Crippen LogP contribution in [0.3, 0.4) is 0 Å². The molecule has 2 aromatic carbocycles. The maximum Gasteiger partial charge on any atom is 0.321 e. The summed E-state index contributed by atoms with van der Waals surface area (Å²) in [6.45, 7) is 10.2. The molecular weight excluding hydrogens is 590 g/mol. The van der Waals surface area contributed by atoms with E-state index in [0.717, 1.165) is 19.3 Å². The lowest BCUT2D eigenvalue weighted by Crippen LogP contribution is -2.48. The number of nitrogens with one attached hydrogen (secondary N) is 3. The zero-order valence-electron chi connectivity index (χ0n) is 28.2. The van der Waals surface area contributed by atoms with Gasteiger partial charge in [-0.3, -0.25) is 4.79 Å². The van der Waals surface area contributed by atoms with E-state index in [9.17, 15) is 19.5 Å². The molecule has 3 rings (SSSR count). The molecule has 0 aromatic heterocycles. The maximum absolute atomic E-state index is 14.2. The molecule has 46 heavy (non-hydrogen) atoms. The zero-order chi connectivity index (χ0) is 33.8. The van der Waals surface area contributed by atoms with E-state index in [1.807, 2.05) is 27.7 Å². The summed E-state index contributed by atoms with van der Waals surface area (Å²) in [5, 5.41) is 18.7. The van der Waals surface area contributed by atoms with E-state index in [-0.39, 0.29) is 61.3 Å². The van der Waals surface area contributed by atoms with E-state index in [1.54, 1.807) is 73.3 Å². The van der Waals surface area contributed by atoms with Gasteiger partial charge in [0.05, 0.1) is 37.5 Å². The molecule has 1 aliphatic heterocycles. The number of methoxy groups -OCH3 is 1. The number of anilines is 2. The number of benzene rings is 2. The highest BCUT2D eigenvalue weighted by molar-refractivity contribution is 5.99. The van der Waals surface area contributed by atoms with Crippen LogP contribution < -0.4 is 25.4 Å². The molecule has 0 saturated heterocycles. The summed E-state index contributed by atoms with van der Waals surface area (Å²) in [7, 11) is 3.29. The van der Waals surface area contributed by atoms with E-state index in [1.165, 1.54) is 0 Å². The van der Waals surface area contributed by atoms with Crippen LogP contribution in [0, 0.1) is 5.92 Å². The van der Waals surface area contributed by atoms with Crippen LogP contribution in [0.5, 0.6) is 11.5 Å². The second kappa shape index (κ2) is 17.6. The van der Waals surface area contributed by atoms with Crippen molar-refractivity contribution in [3.8, 4) is 11.5 Å². The maximum atomic E-state index is 14.2. The van der Waals surface area contributed by atoms with Gasteiger partial charge in [0.15, 0.2) is 0 Å². The SMILES string of the molecule is COc1ccc(NC(=O)N(C)C[C@H]2OCCCC[C@@H](C)Oc3ccc(NC(=O)NC(C)C)cc3C(=O)N([C@@H](C)CO)C[C@H]2C)cc1. The Morgan fingerprint density at radius 1 is 1.07 bits per heavy atom. The molecule has 4 N–H and O–H groups in total. The topological polar surface area (TPSA) is 142 Å².